The fourth-order valence-corrected chi connectivity index (χ4v) is 3.14. The number of fused-ring (bicyclic) bond motifs is 1. The van der Waals surface area contributed by atoms with Gasteiger partial charge in [-0.3, -0.25) is 0 Å². The average molecular weight is 247 g/mol. The molecule has 100 valence electrons. The van der Waals surface area contributed by atoms with Gasteiger partial charge in [-0.25, -0.2) is 0 Å². The van der Waals surface area contributed by atoms with E-state index in [1.54, 1.807) is 0 Å². The molecule has 0 saturated carbocycles. The molecule has 0 aliphatic heterocycles. The molecule has 2 rings (SSSR count). The SMILES string of the molecule is CCCN(CCC)C[C@H]1Cc2cccc(O)c2C1. The molecule has 2 nitrogen and oxygen atoms in total. The van der Waals surface area contributed by atoms with Gasteiger partial charge in [-0.2, -0.15) is 0 Å². The predicted octanol–water partition coefficient (Wildman–Crippen LogP) is 3.23. The molecule has 0 radical (unpaired) electrons. The Labute approximate surface area is 111 Å². The van der Waals surface area contributed by atoms with E-state index in [9.17, 15) is 5.11 Å². The van der Waals surface area contributed by atoms with E-state index >= 15 is 0 Å². The second-order valence-corrected chi connectivity index (χ2v) is 5.49. The van der Waals surface area contributed by atoms with E-state index in [0.717, 1.165) is 12.8 Å². The van der Waals surface area contributed by atoms with Gasteiger partial charge in [0.1, 0.15) is 5.75 Å². The Morgan fingerprint density at radius 1 is 1.17 bits per heavy atom. The molecule has 2 heteroatoms. The van der Waals surface area contributed by atoms with Gasteiger partial charge >= 0.3 is 0 Å². The summed E-state index contributed by atoms with van der Waals surface area (Å²) in [5.74, 6) is 1.18. The minimum Gasteiger partial charge on any atom is -0.508 e. The highest BCUT2D eigenvalue weighted by molar-refractivity contribution is 5.42. The highest BCUT2D eigenvalue weighted by atomic mass is 16.3. The number of rotatable bonds is 6. The van der Waals surface area contributed by atoms with Crippen LogP contribution < -0.4 is 0 Å². The molecule has 0 fully saturated rings. The minimum absolute atomic E-state index is 0.493. The first-order valence-electron chi connectivity index (χ1n) is 7.26. The van der Waals surface area contributed by atoms with E-state index in [1.807, 2.05) is 12.1 Å². The number of phenols is 1. The van der Waals surface area contributed by atoms with E-state index < -0.39 is 0 Å². The van der Waals surface area contributed by atoms with Crippen molar-refractivity contribution >= 4 is 0 Å². The number of phenolic OH excluding ortho intramolecular Hbond substituents is 1. The van der Waals surface area contributed by atoms with Crippen LogP contribution in [0.4, 0.5) is 0 Å². The van der Waals surface area contributed by atoms with Crippen LogP contribution in [0, 0.1) is 5.92 Å². The van der Waals surface area contributed by atoms with Crippen molar-refractivity contribution in [2.24, 2.45) is 5.92 Å². The van der Waals surface area contributed by atoms with Crippen molar-refractivity contribution in [3.8, 4) is 5.75 Å². The Morgan fingerprint density at radius 2 is 1.89 bits per heavy atom. The van der Waals surface area contributed by atoms with Gasteiger partial charge in [-0.15, -0.1) is 0 Å². The highest BCUT2D eigenvalue weighted by Gasteiger charge is 2.25. The maximum absolute atomic E-state index is 9.88. The average Bonchev–Trinajstić information content (AvgIpc) is 2.74. The lowest BCUT2D eigenvalue weighted by atomic mass is 10.1. The summed E-state index contributed by atoms with van der Waals surface area (Å²) in [5.41, 5.74) is 2.54. The van der Waals surface area contributed by atoms with Crippen LogP contribution in [0.5, 0.6) is 5.75 Å². The molecule has 0 aromatic heterocycles. The summed E-state index contributed by atoms with van der Waals surface area (Å²) >= 11 is 0. The van der Waals surface area contributed by atoms with Crippen molar-refractivity contribution in [2.45, 2.75) is 39.5 Å². The lowest BCUT2D eigenvalue weighted by Crippen LogP contribution is -2.31. The van der Waals surface area contributed by atoms with Gasteiger partial charge in [0.05, 0.1) is 0 Å². The molecule has 0 bridgehead atoms. The lowest BCUT2D eigenvalue weighted by Gasteiger charge is -2.24. The molecule has 0 spiro atoms. The molecule has 1 aliphatic carbocycles. The number of aromatic hydroxyl groups is 1. The topological polar surface area (TPSA) is 23.5 Å². The van der Waals surface area contributed by atoms with Gasteiger partial charge in [0.15, 0.2) is 0 Å². The third-order valence-corrected chi connectivity index (χ3v) is 3.85. The van der Waals surface area contributed by atoms with Crippen molar-refractivity contribution in [1.29, 1.82) is 0 Å². The first-order valence-corrected chi connectivity index (χ1v) is 7.26. The van der Waals surface area contributed by atoms with Crippen LogP contribution in [0.3, 0.4) is 0 Å². The maximum atomic E-state index is 9.88. The summed E-state index contributed by atoms with van der Waals surface area (Å²) in [6.45, 7) is 8.07. The number of hydrogen-bond acceptors (Lipinski definition) is 2. The van der Waals surface area contributed by atoms with Gasteiger partial charge in [0, 0.05) is 6.54 Å². The molecule has 18 heavy (non-hydrogen) atoms. The summed E-state index contributed by atoms with van der Waals surface area (Å²) in [6, 6.07) is 5.95. The molecule has 1 aromatic rings. The lowest BCUT2D eigenvalue weighted by molar-refractivity contribution is 0.233. The molecular weight excluding hydrogens is 222 g/mol. The zero-order chi connectivity index (χ0) is 13.0. The van der Waals surface area contributed by atoms with Crippen LogP contribution in [-0.2, 0) is 12.8 Å². The smallest absolute Gasteiger partial charge is 0.119 e. The highest BCUT2D eigenvalue weighted by Crippen LogP contribution is 2.33. The van der Waals surface area contributed by atoms with Crippen molar-refractivity contribution in [3.63, 3.8) is 0 Å². The molecule has 1 atom stereocenters. The summed E-state index contributed by atoms with van der Waals surface area (Å²) in [4.78, 5) is 2.58. The summed E-state index contributed by atoms with van der Waals surface area (Å²) in [5, 5.41) is 9.88. The van der Waals surface area contributed by atoms with Crippen molar-refractivity contribution < 1.29 is 5.11 Å². The summed E-state index contributed by atoms with van der Waals surface area (Å²) < 4.78 is 0. The second kappa shape index (κ2) is 6.24. The van der Waals surface area contributed by atoms with E-state index in [0.29, 0.717) is 11.7 Å². The van der Waals surface area contributed by atoms with E-state index in [2.05, 4.69) is 24.8 Å². The van der Waals surface area contributed by atoms with Crippen LogP contribution >= 0.6 is 0 Å². The zero-order valence-electron chi connectivity index (χ0n) is 11.7. The maximum Gasteiger partial charge on any atom is 0.119 e. The minimum atomic E-state index is 0.493. The van der Waals surface area contributed by atoms with Gasteiger partial charge < -0.3 is 10.0 Å². The van der Waals surface area contributed by atoms with Gasteiger partial charge in [0.25, 0.3) is 0 Å². The van der Waals surface area contributed by atoms with E-state index in [-0.39, 0.29) is 0 Å². The van der Waals surface area contributed by atoms with E-state index in [4.69, 9.17) is 0 Å². The quantitative estimate of drug-likeness (QED) is 0.834. The van der Waals surface area contributed by atoms with Gasteiger partial charge in [-0.05, 0) is 61.9 Å². The summed E-state index contributed by atoms with van der Waals surface area (Å²) in [6.07, 6.45) is 4.63. The fraction of sp³-hybridized carbons (Fsp3) is 0.625. The third kappa shape index (κ3) is 3.05. The standard InChI is InChI=1S/C16H25NO/c1-3-8-17(9-4-2)12-13-10-14-6-5-7-16(18)15(14)11-13/h5-7,13,18H,3-4,8-12H2,1-2H3/t13-/m0/s1. The largest absolute Gasteiger partial charge is 0.508 e. The van der Waals surface area contributed by atoms with Gasteiger partial charge in [0.2, 0.25) is 0 Å². The first-order chi connectivity index (χ1) is 8.74. The van der Waals surface area contributed by atoms with Crippen molar-refractivity contribution in [2.75, 3.05) is 19.6 Å². The molecule has 1 aromatic carbocycles. The molecule has 0 saturated heterocycles. The predicted molar refractivity (Wildman–Crippen MR) is 76.0 cm³/mol. The Bertz CT molecular complexity index is 383. The molecule has 1 N–H and O–H groups in total. The third-order valence-electron chi connectivity index (χ3n) is 3.85. The number of hydrogen-bond donors (Lipinski definition) is 1. The Balaban J connectivity index is 1.96. The van der Waals surface area contributed by atoms with E-state index in [1.165, 1.54) is 43.6 Å². The van der Waals surface area contributed by atoms with Gasteiger partial charge in [-0.1, -0.05) is 26.0 Å². The summed E-state index contributed by atoms with van der Waals surface area (Å²) in [7, 11) is 0. The van der Waals surface area contributed by atoms with Crippen molar-refractivity contribution in [1.82, 2.24) is 4.90 Å². The normalized spacial score (nSPS) is 18.3. The zero-order valence-corrected chi connectivity index (χ0v) is 11.7. The van der Waals surface area contributed by atoms with Crippen LogP contribution in [-0.4, -0.2) is 29.6 Å². The second-order valence-electron chi connectivity index (χ2n) is 5.49. The first kappa shape index (κ1) is 13.4. The van der Waals surface area contributed by atoms with Crippen LogP contribution in [0.15, 0.2) is 18.2 Å². The monoisotopic (exact) mass is 247 g/mol. The molecular formula is C16H25NO. The van der Waals surface area contributed by atoms with Crippen molar-refractivity contribution in [3.05, 3.63) is 29.3 Å². The molecule has 1 aliphatic rings. The van der Waals surface area contributed by atoms with Crippen LogP contribution in [0.25, 0.3) is 0 Å². The molecule has 0 heterocycles. The Kier molecular flexibility index (Phi) is 4.65. The van der Waals surface area contributed by atoms with Crippen LogP contribution in [0.2, 0.25) is 0 Å². The Morgan fingerprint density at radius 3 is 2.50 bits per heavy atom. The molecule has 0 amide bonds. The fourth-order valence-electron chi connectivity index (χ4n) is 3.14. The van der Waals surface area contributed by atoms with Crippen LogP contribution in [0.1, 0.15) is 37.8 Å². The Hall–Kier alpha value is -1.02. The number of nitrogens with zero attached hydrogens (tertiary/aromatic N) is 1. The molecule has 0 unspecified atom stereocenters. The number of benzene rings is 1.